The van der Waals surface area contributed by atoms with Crippen molar-refractivity contribution in [1.29, 1.82) is 0 Å². The number of nitrogens with one attached hydrogen (secondary N) is 1. The predicted octanol–water partition coefficient (Wildman–Crippen LogP) is 4.30. The third-order valence-corrected chi connectivity index (χ3v) is 7.54. The molecule has 1 N–H and O–H groups in total. The van der Waals surface area contributed by atoms with Gasteiger partial charge < -0.3 is 19.7 Å². The highest BCUT2D eigenvalue weighted by Gasteiger charge is 2.39. The van der Waals surface area contributed by atoms with Crippen LogP contribution in [0.4, 0.5) is 8.78 Å². The molecule has 1 saturated heterocycles. The zero-order chi connectivity index (χ0) is 26.6. The summed E-state index contributed by atoms with van der Waals surface area (Å²) in [5, 5.41) is 3.40. The van der Waals surface area contributed by atoms with Crippen LogP contribution in [0.25, 0.3) is 0 Å². The van der Waals surface area contributed by atoms with Gasteiger partial charge in [0.2, 0.25) is 5.91 Å². The summed E-state index contributed by atoms with van der Waals surface area (Å²) < 4.78 is 38.4. The van der Waals surface area contributed by atoms with Crippen LogP contribution in [-0.4, -0.2) is 55.1 Å². The molecule has 2 aliphatic rings. The lowest BCUT2D eigenvalue weighted by molar-refractivity contribution is -0.137. The molecule has 0 bridgehead atoms. The maximum Gasteiger partial charge on any atom is 0.240 e. The molecule has 2 heterocycles. The van der Waals surface area contributed by atoms with Gasteiger partial charge in [-0.1, -0.05) is 36.4 Å². The summed E-state index contributed by atoms with van der Waals surface area (Å²) in [6.45, 7) is 2.73. The van der Waals surface area contributed by atoms with Crippen LogP contribution in [0.15, 0.2) is 60.7 Å². The molecule has 8 heteroatoms. The van der Waals surface area contributed by atoms with Crippen molar-refractivity contribution >= 4 is 5.91 Å². The Kier molecular flexibility index (Phi) is 7.90. The molecule has 1 amide bonds. The third kappa shape index (κ3) is 5.66. The second-order valence-corrected chi connectivity index (χ2v) is 9.97. The van der Waals surface area contributed by atoms with E-state index in [0.29, 0.717) is 49.7 Å². The molecule has 0 saturated carbocycles. The number of fused-ring (bicyclic) bond motifs is 1. The molecular weight excluding hydrogens is 488 g/mol. The van der Waals surface area contributed by atoms with E-state index in [1.807, 2.05) is 35.2 Å². The van der Waals surface area contributed by atoms with Gasteiger partial charge in [0.25, 0.3) is 0 Å². The third-order valence-electron chi connectivity index (χ3n) is 7.54. The normalized spacial score (nSPS) is 19.3. The number of hydrogen-bond acceptors (Lipinski definition) is 5. The van der Waals surface area contributed by atoms with Crippen molar-refractivity contribution in [2.75, 3.05) is 27.3 Å². The van der Waals surface area contributed by atoms with Gasteiger partial charge in [0.1, 0.15) is 11.6 Å². The second-order valence-electron chi connectivity index (χ2n) is 9.97. The monoisotopic (exact) mass is 521 g/mol. The molecule has 0 aliphatic carbocycles. The van der Waals surface area contributed by atoms with Crippen molar-refractivity contribution in [3.8, 4) is 11.5 Å². The Morgan fingerprint density at radius 1 is 1.00 bits per heavy atom. The number of hydrogen-bond donors (Lipinski definition) is 1. The first kappa shape index (κ1) is 26.1. The van der Waals surface area contributed by atoms with Gasteiger partial charge >= 0.3 is 0 Å². The topological polar surface area (TPSA) is 54.0 Å². The average Bonchev–Trinajstić information content (AvgIpc) is 3.33. The highest BCUT2D eigenvalue weighted by atomic mass is 19.1. The van der Waals surface area contributed by atoms with Crippen molar-refractivity contribution in [1.82, 2.24) is 15.1 Å². The number of rotatable bonds is 8. The zero-order valence-corrected chi connectivity index (χ0v) is 21.8. The summed E-state index contributed by atoms with van der Waals surface area (Å²) in [5.74, 6) is 0.291. The molecule has 5 rings (SSSR count). The van der Waals surface area contributed by atoms with Crippen molar-refractivity contribution < 1.29 is 23.0 Å². The van der Waals surface area contributed by atoms with E-state index in [1.165, 1.54) is 17.7 Å². The minimum absolute atomic E-state index is 0.00135. The summed E-state index contributed by atoms with van der Waals surface area (Å²) >= 11 is 0. The van der Waals surface area contributed by atoms with Crippen molar-refractivity contribution in [2.24, 2.45) is 0 Å². The average molecular weight is 522 g/mol. The molecule has 2 aliphatic heterocycles. The highest BCUT2D eigenvalue weighted by molar-refractivity contribution is 5.82. The van der Waals surface area contributed by atoms with Gasteiger partial charge in [-0.15, -0.1) is 0 Å². The largest absolute Gasteiger partial charge is 0.493 e. The maximum absolute atomic E-state index is 14.2. The molecule has 0 spiro atoms. The van der Waals surface area contributed by atoms with Crippen LogP contribution in [0.3, 0.4) is 0 Å². The number of carbonyl (C=O) groups is 1. The van der Waals surface area contributed by atoms with Gasteiger partial charge in [-0.2, -0.15) is 0 Å². The Labute approximate surface area is 222 Å². The molecule has 2 atom stereocenters. The summed E-state index contributed by atoms with van der Waals surface area (Å²) in [6.07, 6.45) is 1.36. The van der Waals surface area contributed by atoms with Crippen LogP contribution in [0.5, 0.6) is 11.5 Å². The first-order valence-electron chi connectivity index (χ1n) is 12.9. The van der Waals surface area contributed by atoms with Crippen molar-refractivity contribution in [3.63, 3.8) is 0 Å². The first-order valence-corrected chi connectivity index (χ1v) is 12.9. The number of benzene rings is 3. The van der Waals surface area contributed by atoms with Gasteiger partial charge in [-0.3, -0.25) is 9.69 Å². The summed E-state index contributed by atoms with van der Waals surface area (Å²) in [7, 11) is 3.24. The van der Waals surface area contributed by atoms with E-state index in [-0.39, 0.29) is 24.5 Å². The van der Waals surface area contributed by atoms with Crippen LogP contribution in [0.1, 0.15) is 28.7 Å². The van der Waals surface area contributed by atoms with Crippen LogP contribution >= 0.6 is 0 Å². The second kappa shape index (κ2) is 11.5. The zero-order valence-electron chi connectivity index (χ0n) is 21.8. The van der Waals surface area contributed by atoms with E-state index < -0.39 is 11.6 Å². The summed E-state index contributed by atoms with van der Waals surface area (Å²) in [6, 6.07) is 17.4. The van der Waals surface area contributed by atoms with Gasteiger partial charge in [-0.25, -0.2) is 8.78 Å². The fraction of sp³-hybridized carbons (Fsp3) is 0.367. The lowest BCUT2D eigenvalue weighted by Crippen LogP contribution is -2.47. The van der Waals surface area contributed by atoms with Crippen LogP contribution in [0, 0.1) is 11.6 Å². The van der Waals surface area contributed by atoms with E-state index in [1.54, 1.807) is 14.2 Å². The van der Waals surface area contributed by atoms with Gasteiger partial charge in [0.05, 0.1) is 20.3 Å². The molecular formula is C30H33F2N3O3. The molecule has 3 aromatic rings. The summed E-state index contributed by atoms with van der Waals surface area (Å²) in [4.78, 5) is 18.0. The Balaban J connectivity index is 1.32. The molecule has 3 aromatic carbocycles. The molecule has 38 heavy (non-hydrogen) atoms. The predicted molar refractivity (Wildman–Crippen MR) is 141 cm³/mol. The number of likely N-dealkylation sites (tertiary alicyclic amines) is 1. The lowest BCUT2D eigenvalue weighted by Gasteiger charge is -2.34. The minimum atomic E-state index is -0.592. The SMILES string of the molecule is COc1cc2c(cc1OC)CN(C(=O)[C@@H]1C[C@@H](NCc3ccc(F)cc3F)CN1Cc1ccccc1)CC2. The fourth-order valence-electron chi connectivity index (χ4n) is 5.50. The van der Waals surface area contributed by atoms with Crippen molar-refractivity contribution in [3.05, 3.63) is 94.6 Å². The van der Waals surface area contributed by atoms with Crippen LogP contribution in [-0.2, 0) is 30.8 Å². The highest BCUT2D eigenvalue weighted by Crippen LogP contribution is 2.34. The Bertz CT molecular complexity index is 1290. The maximum atomic E-state index is 14.2. The van der Waals surface area contributed by atoms with E-state index in [4.69, 9.17) is 9.47 Å². The Hall–Kier alpha value is -3.49. The van der Waals surface area contributed by atoms with Crippen molar-refractivity contribution in [2.45, 2.75) is 44.6 Å². The number of nitrogens with zero attached hydrogens (tertiary/aromatic N) is 2. The van der Waals surface area contributed by atoms with Crippen LogP contribution < -0.4 is 14.8 Å². The van der Waals surface area contributed by atoms with E-state index in [2.05, 4.69) is 22.3 Å². The molecule has 0 unspecified atom stereocenters. The quantitative estimate of drug-likeness (QED) is 0.479. The molecule has 0 radical (unpaired) electrons. The molecule has 1 fully saturated rings. The number of methoxy groups -OCH3 is 2. The number of amides is 1. The fourth-order valence-corrected chi connectivity index (χ4v) is 5.50. The molecule has 200 valence electrons. The minimum Gasteiger partial charge on any atom is -0.493 e. The molecule has 0 aromatic heterocycles. The van der Waals surface area contributed by atoms with Gasteiger partial charge in [0, 0.05) is 50.4 Å². The van der Waals surface area contributed by atoms with E-state index in [0.717, 1.165) is 23.6 Å². The standard InChI is InChI=1S/C30H33F2N3O3/c1-37-28-12-21-10-11-34(18-23(21)13-29(28)38-2)30(36)27-15-25(19-35(27)17-20-6-4-3-5-7-20)33-16-22-8-9-24(31)14-26(22)32/h3-9,12-14,25,27,33H,10-11,15-19H2,1-2H3/t25-,27+/m1/s1. The number of ether oxygens (including phenoxy) is 2. The Morgan fingerprint density at radius 3 is 2.45 bits per heavy atom. The number of carbonyl (C=O) groups excluding carboxylic acids is 1. The van der Waals surface area contributed by atoms with Crippen LogP contribution in [0.2, 0.25) is 0 Å². The lowest BCUT2D eigenvalue weighted by atomic mass is 9.97. The Morgan fingerprint density at radius 2 is 1.74 bits per heavy atom. The summed E-state index contributed by atoms with van der Waals surface area (Å²) in [5.41, 5.74) is 3.78. The van der Waals surface area contributed by atoms with Gasteiger partial charge in [0.15, 0.2) is 11.5 Å². The van der Waals surface area contributed by atoms with E-state index in [9.17, 15) is 13.6 Å². The number of halogens is 2. The van der Waals surface area contributed by atoms with Gasteiger partial charge in [-0.05, 0) is 47.7 Å². The smallest absolute Gasteiger partial charge is 0.240 e. The van der Waals surface area contributed by atoms with E-state index >= 15 is 0 Å². The molecule has 6 nitrogen and oxygen atoms in total. The first-order chi connectivity index (χ1) is 18.4.